The van der Waals surface area contributed by atoms with Crippen LogP contribution in [0.25, 0.3) is 0 Å². The van der Waals surface area contributed by atoms with E-state index in [-0.39, 0.29) is 6.61 Å². The molecule has 1 aromatic rings. The van der Waals surface area contributed by atoms with Crippen LogP contribution in [0, 0.1) is 5.92 Å². The van der Waals surface area contributed by atoms with Gasteiger partial charge in [0.25, 0.3) is 0 Å². The van der Waals surface area contributed by atoms with Crippen LogP contribution in [0.15, 0.2) is 18.2 Å². The first kappa shape index (κ1) is 11.7. The molecular weight excluding hydrogens is 222 g/mol. The zero-order valence-corrected chi connectivity index (χ0v) is 10.3. The molecule has 2 rings (SSSR count). The summed E-state index contributed by atoms with van der Waals surface area (Å²) in [6.07, 6.45) is 3.70. The van der Waals surface area contributed by atoms with E-state index in [1.807, 2.05) is 18.2 Å². The number of aliphatic hydroxyl groups is 1. The number of nitrogens with one attached hydrogen (secondary N) is 1. The lowest BCUT2D eigenvalue weighted by atomic mass is 10.1. The van der Waals surface area contributed by atoms with Gasteiger partial charge in [0.05, 0.1) is 17.3 Å². The molecule has 2 N–H and O–H groups in total. The third-order valence-corrected chi connectivity index (χ3v) is 3.60. The third kappa shape index (κ3) is 2.69. The molecule has 16 heavy (non-hydrogen) atoms. The summed E-state index contributed by atoms with van der Waals surface area (Å²) in [6.45, 7) is 2.35. The number of hydrogen-bond acceptors (Lipinski definition) is 2. The van der Waals surface area contributed by atoms with E-state index < -0.39 is 0 Å². The molecule has 2 unspecified atom stereocenters. The number of anilines is 1. The van der Waals surface area contributed by atoms with Gasteiger partial charge in [-0.15, -0.1) is 0 Å². The average Bonchev–Trinajstić information content (AvgIpc) is 2.67. The van der Waals surface area contributed by atoms with Gasteiger partial charge in [-0.25, -0.2) is 0 Å². The van der Waals surface area contributed by atoms with E-state index in [9.17, 15) is 0 Å². The Labute approximate surface area is 102 Å². The maximum Gasteiger partial charge on any atom is 0.0682 e. The van der Waals surface area contributed by atoms with Crippen molar-refractivity contribution in [2.24, 2.45) is 5.92 Å². The predicted molar refractivity (Wildman–Crippen MR) is 67.8 cm³/mol. The van der Waals surface area contributed by atoms with E-state index in [1.54, 1.807) is 0 Å². The Morgan fingerprint density at radius 3 is 2.88 bits per heavy atom. The van der Waals surface area contributed by atoms with Crippen molar-refractivity contribution in [1.82, 2.24) is 0 Å². The fraction of sp³-hybridized carbons (Fsp3) is 0.538. The van der Waals surface area contributed by atoms with Crippen molar-refractivity contribution in [3.05, 3.63) is 28.8 Å². The summed E-state index contributed by atoms with van der Waals surface area (Å²) < 4.78 is 0. The minimum absolute atomic E-state index is 0.0624. The summed E-state index contributed by atoms with van der Waals surface area (Å²) in [4.78, 5) is 0. The van der Waals surface area contributed by atoms with Crippen LogP contribution in [-0.4, -0.2) is 11.1 Å². The smallest absolute Gasteiger partial charge is 0.0682 e. The molecule has 0 bridgehead atoms. The lowest BCUT2D eigenvalue weighted by Gasteiger charge is -2.16. The highest BCUT2D eigenvalue weighted by molar-refractivity contribution is 6.33. The molecule has 0 aromatic heterocycles. The molecule has 0 spiro atoms. The maximum absolute atomic E-state index is 9.08. The first-order valence-electron chi connectivity index (χ1n) is 5.85. The Hall–Kier alpha value is -0.730. The highest BCUT2D eigenvalue weighted by Crippen LogP contribution is 2.30. The van der Waals surface area contributed by atoms with Gasteiger partial charge in [0.15, 0.2) is 0 Å². The van der Waals surface area contributed by atoms with Crippen LogP contribution in [0.5, 0.6) is 0 Å². The van der Waals surface area contributed by atoms with Crippen LogP contribution in [0.1, 0.15) is 31.7 Å². The minimum Gasteiger partial charge on any atom is -0.392 e. The summed E-state index contributed by atoms with van der Waals surface area (Å²) in [5.74, 6) is 0.803. The van der Waals surface area contributed by atoms with Gasteiger partial charge in [0.1, 0.15) is 0 Å². The first-order valence-corrected chi connectivity index (χ1v) is 6.22. The Morgan fingerprint density at radius 2 is 2.25 bits per heavy atom. The molecule has 0 saturated heterocycles. The molecule has 2 atom stereocenters. The Kier molecular flexibility index (Phi) is 3.72. The largest absolute Gasteiger partial charge is 0.392 e. The molecular formula is C13H18ClNO. The third-order valence-electron chi connectivity index (χ3n) is 3.27. The van der Waals surface area contributed by atoms with Gasteiger partial charge in [0, 0.05) is 6.04 Å². The standard InChI is InChI=1S/C13H18ClNO/c1-9-2-4-11(6-9)15-13-7-10(8-16)3-5-12(13)14/h3,5,7,9,11,15-16H,2,4,6,8H2,1H3. The molecule has 1 aliphatic rings. The average molecular weight is 240 g/mol. The number of halogens is 1. The molecule has 0 heterocycles. The van der Waals surface area contributed by atoms with Crippen LogP contribution in [0.4, 0.5) is 5.69 Å². The molecule has 88 valence electrons. The Balaban J connectivity index is 2.08. The minimum atomic E-state index is 0.0624. The number of rotatable bonds is 3. The molecule has 0 amide bonds. The summed E-state index contributed by atoms with van der Waals surface area (Å²) >= 11 is 6.12. The Morgan fingerprint density at radius 1 is 1.44 bits per heavy atom. The normalized spacial score (nSPS) is 24.7. The molecule has 1 aliphatic carbocycles. The van der Waals surface area contributed by atoms with Crippen LogP contribution in [0.2, 0.25) is 5.02 Å². The van der Waals surface area contributed by atoms with Crippen LogP contribution >= 0.6 is 11.6 Å². The zero-order chi connectivity index (χ0) is 11.5. The first-order chi connectivity index (χ1) is 7.69. The second-order valence-corrected chi connectivity index (χ2v) is 5.14. The number of benzene rings is 1. The van der Waals surface area contributed by atoms with E-state index in [1.165, 1.54) is 19.3 Å². The van der Waals surface area contributed by atoms with E-state index in [0.29, 0.717) is 6.04 Å². The van der Waals surface area contributed by atoms with E-state index >= 15 is 0 Å². The van der Waals surface area contributed by atoms with Gasteiger partial charge in [-0.2, -0.15) is 0 Å². The maximum atomic E-state index is 9.08. The van der Waals surface area contributed by atoms with Gasteiger partial charge in [-0.1, -0.05) is 24.6 Å². The van der Waals surface area contributed by atoms with Crippen LogP contribution in [0.3, 0.4) is 0 Å². The highest BCUT2D eigenvalue weighted by Gasteiger charge is 2.21. The van der Waals surface area contributed by atoms with Gasteiger partial charge in [0.2, 0.25) is 0 Å². The van der Waals surface area contributed by atoms with Crippen LogP contribution < -0.4 is 5.32 Å². The highest BCUT2D eigenvalue weighted by atomic mass is 35.5. The monoisotopic (exact) mass is 239 g/mol. The summed E-state index contributed by atoms with van der Waals surface area (Å²) in [5.41, 5.74) is 1.85. The van der Waals surface area contributed by atoms with Crippen molar-refractivity contribution in [3.63, 3.8) is 0 Å². The van der Waals surface area contributed by atoms with E-state index in [4.69, 9.17) is 16.7 Å². The topological polar surface area (TPSA) is 32.3 Å². The quantitative estimate of drug-likeness (QED) is 0.847. The number of aliphatic hydroxyl groups excluding tert-OH is 1. The molecule has 1 aromatic carbocycles. The van der Waals surface area contributed by atoms with Gasteiger partial charge in [-0.3, -0.25) is 0 Å². The van der Waals surface area contributed by atoms with Crippen molar-refractivity contribution >= 4 is 17.3 Å². The van der Waals surface area contributed by atoms with Crippen molar-refractivity contribution in [1.29, 1.82) is 0 Å². The molecule has 1 saturated carbocycles. The Bertz CT molecular complexity index is 367. The fourth-order valence-corrected chi connectivity index (χ4v) is 2.51. The SMILES string of the molecule is CC1CCC(Nc2cc(CO)ccc2Cl)C1. The van der Waals surface area contributed by atoms with E-state index in [0.717, 1.165) is 22.2 Å². The van der Waals surface area contributed by atoms with Crippen molar-refractivity contribution in [3.8, 4) is 0 Å². The molecule has 2 nitrogen and oxygen atoms in total. The van der Waals surface area contributed by atoms with E-state index in [2.05, 4.69) is 12.2 Å². The second-order valence-electron chi connectivity index (χ2n) is 4.73. The molecule has 0 radical (unpaired) electrons. The zero-order valence-electron chi connectivity index (χ0n) is 9.54. The molecule has 3 heteroatoms. The second kappa shape index (κ2) is 5.07. The molecule has 0 aliphatic heterocycles. The van der Waals surface area contributed by atoms with Crippen molar-refractivity contribution < 1.29 is 5.11 Å². The van der Waals surface area contributed by atoms with Crippen LogP contribution in [-0.2, 0) is 6.61 Å². The van der Waals surface area contributed by atoms with Crippen molar-refractivity contribution in [2.45, 2.75) is 38.8 Å². The lowest BCUT2D eigenvalue weighted by Crippen LogP contribution is -2.15. The lowest BCUT2D eigenvalue weighted by molar-refractivity contribution is 0.282. The number of hydrogen-bond donors (Lipinski definition) is 2. The summed E-state index contributed by atoms with van der Waals surface area (Å²) in [6, 6.07) is 6.16. The summed E-state index contributed by atoms with van der Waals surface area (Å²) in [5, 5.41) is 13.3. The van der Waals surface area contributed by atoms with Crippen molar-refractivity contribution in [2.75, 3.05) is 5.32 Å². The van der Waals surface area contributed by atoms with Gasteiger partial charge in [-0.05, 0) is 42.9 Å². The molecule has 1 fully saturated rings. The van der Waals surface area contributed by atoms with Gasteiger partial charge < -0.3 is 10.4 Å². The summed E-state index contributed by atoms with van der Waals surface area (Å²) in [7, 11) is 0. The van der Waals surface area contributed by atoms with Gasteiger partial charge >= 0.3 is 0 Å². The fourth-order valence-electron chi connectivity index (χ4n) is 2.34. The predicted octanol–water partition coefficient (Wildman–Crippen LogP) is 3.43.